The van der Waals surface area contributed by atoms with E-state index in [-0.39, 0.29) is 11.8 Å². The first-order valence-corrected chi connectivity index (χ1v) is 4.48. The van der Waals surface area contributed by atoms with Crippen LogP contribution >= 0.6 is 0 Å². The van der Waals surface area contributed by atoms with Gasteiger partial charge in [0.25, 0.3) is 0 Å². The van der Waals surface area contributed by atoms with Gasteiger partial charge >= 0.3 is 5.97 Å². The van der Waals surface area contributed by atoms with Crippen molar-refractivity contribution < 1.29 is 19.0 Å². The van der Waals surface area contributed by atoms with Crippen LogP contribution in [0.3, 0.4) is 0 Å². The monoisotopic (exact) mass is 188 g/mol. The highest BCUT2D eigenvalue weighted by Gasteiger charge is 2.78. The Morgan fingerprint density at radius 1 is 1.62 bits per heavy atom. The van der Waals surface area contributed by atoms with E-state index in [2.05, 4.69) is 4.74 Å². The molecule has 1 N–H and O–H groups in total. The maximum Gasteiger partial charge on any atom is 0.344 e. The number of hydrogen-bond donors (Lipinski definition) is 1. The van der Waals surface area contributed by atoms with Crippen molar-refractivity contribution in [1.82, 2.24) is 0 Å². The lowest BCUT2D eigenvalue weighted by Crippen LogP contribution is -2.30. The van der Waals surface area contributed by atoms with Crippen LogP contribution in [0, 0.1) is 17.8 Å². The van der Waals surface area contributed by atoms with Crippen molar-refractivity contribution in [2.45, 2.75) is 25.1 Å². The number of carbonyl (C=O) groups excluding carboxylic acids is 1. The summed E-state index contributed by atoms with van der Waals surface area (Å²) in [6.45, 7) is 1.86. The van der Waals surface area contributed by atoms with Crippen LogP contribution in [-0.4, -0.2) is 30.0 Å². The molecule has 0 heterocycles. The highest BCUT2D eigenvalue weighted by atomic mass is 19.1. The second-order valence-electron chi connectivity index (χ2n) is 4.09. The van der Waals surface area contributed by atoms with Crippen molar-refractivity contribution in [3.05, 3.63) is 0 Å². The second-order valence-corrected chi connectivity index (χ2v) is 4.09. The highest BCUT2D eigenvalue weighted by Crippen LogP contribution is 2.65. The third-order valence-corrected chi connectivity index (χ3v) is 3.39. The first kappa shape index (κ1) is 8.94. The highest BCUT2D eigenvalue weighted by molar-refractivity contribution is 5.85. The average molecular weight is 188 g/mol. The van der Waals surface area contributed by atoms with Crippen LogP contribution in [0.4, 0.5) is 4.39 Å². The maximum absolute atomic E-state index is 13.9. The van der Waals surface area contributed by atoms with E-state index in [1.807, 2.05) is 6.92 Å². The molecule has 0 saturated heterocycles. The van der Waals surface area contributed by atoms with E-state index in [9.17, 15) is 14.3 Å². The summed E-state index contributed by atoms with van der Waals surface area (Å²) in [4.78, 5) is 11.1. The lowest BCUT2D eigenvalue weighted by atomic mass is 9.99. The fourth-order valence-corrected chi connectivity index (χ4v) is 2.80. The van der Waals surface area contributed by atoms with Crippen LogP contribution in [0.5, 0.6) is 0 Å². The number of halogens is 1. The lowest BCUT2D eigenvalue weighted by molar-refractivity contribution is -0.151. The zero-order valence-electron chi connectivity index (χ0n) is 7.66. The number of carbonyl (C=O) groups is 1. The van der Waals surface area contributed by atoms with Crippen LogP contribution in [0.1, 0.15) is 13.3 Å². The zero-order chi connectivity index (χ0) is 9.80. The van der Waals surface area contributed by atoms with Gasteiger partial charge in [0.15, 0.2) is 0 Å². The smallest absolute Gasteiger partial charge is 0.344 e. The summed E-state index contributed by atoms with van der Waals surface area (Å²) in [6.07, 6.45) is -0.0815. The second kappa shape index (κ2) is 2.44. The number of rotatable bonds is 1. The minimum absolute atomic E-state index is 0.0732. The summed E-state index contributed by atoms with van der Waals surface area (Å²) in [5.41, 5.74) is -1.90. The van der Waals surface area contributed by atoms with Gasteiger partial charge in [0.1, 0.15) is 0 Å². The molecule has 0 aromatic heterocycles. The summed E-state index contributed by atoms with van der Waals surface area (Å²) < 4.78 is 18.3. The van der Waals surface area contributed by atoms with Gasteiger partial charge in [-0.3, -0.25) is 0 Å². The van der Waals surface area contributed by atoms with E-state index < -0.39 is 23.7 Å². The predicted molar refractivity (Wildman–Crippen MR) is 42.6 cm³/mol. The topological polar surface area (TPSA) is 46.5 Å². The number of hydrogen-bond acceptors (Lipinski definition) is 3. The Morgan fingerprint density at radius 3 is 2.62 bits per heavy atom. The summed E-state index contributed by atoms with van der Waals surface area (Å²) in [5, 5.41) is 9.44. The number of alkyl halides is 1. The molecule has 0 spiro atoms. The third kappa shape index (κ3) is 0.894. The molecule has 0 unspecified atom stereocenters. The molecule has 0 aliphatic heterocycles. The molecule has 2 aliphatic rings. The van der Waals surface area contributed by atoms with Gasteiger partial charge in [0.05, 0.1) is 13.2 Å². The molecule has 2 rings (SSSR count). The summed E-state index contributed by atoms with van der Waals surface area (Å²) in [7, 11) is 1.18. The number of aliphatic hydroxyl groups is 1. The predicted octanol–water partition coefficient (Wildman–Crippen LogP) is 0.514. The molecule has 0 aromatic rings. The van der Waals surface area contributed by atoms with Crippen molar-refractivity contribution in [3.8, 4) is 0 Å². The normalized spacial score (nSPS) is 52.9. The molecule has 74 valence electrons. The van der Waals surface area contributed by atoms with Gasteiger partial charge in [-0.2, -0.15) is 0 Å². The Kier molecular flexibility index (Phi) is 1.68. The van der Waals surface area contributed by atoms with E-state index >= 15 is 0 Å². The van der Waals surface area contributed by atoms with E-state index in [0.717, 1.165) is 0 Å². The third-order valence-electron chi connectivity index (χ3n) is 3.39. The number of aliphatic hydroxyl groups excluding tert-OH is 1. The quantitative estimate of drug-likeness (QED) is 0.610. The van der Waals surface area contributed by atoms with Crippen LogP contribution < -0.4 is 0 Å². The number of fused-ring (bicyclic) bond motifs is 1. The van der Waals surface area contributed by atoms with E-state index in [4.69, 9.17) is 0 Å². The molecule has 4 heteroatoms. The SMILES string of the molecule is COC(=O)[C@]1(F)[C@@H]2[C@H]1[C@@H](C)C[C@H]2O. The summed E-state index contributed by atoms with van der Waals surface area (Å²) in [5.74, 6) is -1.60. The van der Waals surface area contributed by atoms with Gasteiger partial charge in [-0.05, 0) is 12.3 Å². The van der Waals surface area contributed by atoms with Crippen molar-refractivity contribution in [1.29, 1.82) is 0 Å². The standard InChI is InChI=1S/C9H13FO3/c1-4-3-5(11)7-6(4)9(7,10)8(12)13-2/h4-7,11H,3H2,1-2H3/t4-,5+,6+,7-,9+/m0/s1. The fraction of sp³-hybridized carbons (Fsp3) is 0.889. The Balaban J connectivity index is 2.19. The molecule has 2 saturated carbocycles. The summed E-state index contributed by atoms with van der Waals surface area (Å²) >= 11 is 0. The van der Waals surface area contributed by atoms with Gasteiger partial charge in [-0.1, -0.05) is 6.92 Å². The molecule has 3 nitrogen and oxygen atoms in total. The van der Waals surface area contributed by atoms with Crippen LogP contribution in [0.2, 0.25) is 0 Å². The zero-order valence-corrected chi connectivity index (χ0v) is 7.66. The van der Waals surface area contributed by atoms with E-state index in [1.165, 1.54) is 7.11 Å². The van der Waals surface area contributed by atoms with Gasteiger partial charge in [0.2, 0.25) is 5.67 Å². The molecule has 0 amide bonds. The first-order chi connectivity index (χ1) is 6.03. The van der Waals surface area contributed by atoms with Gasteiger partial charge in [0, 0.05) is 11.8 Å². The minimum atomic E-state index is -1.90. The Labute approximate surface area is 75.9 Å². The maximum atomic E-state index is 13.9. The largest absolute Gasteiger partial charge is 0.467 e. The van der Waals surface area contributed by atoms with Crippen LogP contribution in [0.15, 0.2) is 0 Å². The molecule has 0 aromatic carbocycles. The van der Waals surface area contributed by atoms with E-state index in [1.54, 1.807) is 0 Å². The molecule has 2 aliphatic carbocycles. The number of ether oxygens (including phenoxy) is 1. The Hall–Kier alpha value is -0.640. The van der Waals surface area contributed by atoms with Gasteiger partial charge < -0.3 is 9.84 Å². The van der Waals surface area contributed by atoms with Crippen LogP contribution in [0.25, 0.3) is 0 Å². The van der Waals surface area contributed by atoms with Gasteiger partial charge in [-0.25, -0.2) is 9.18 Å². The summed E-state index contributed by atoms with van der Waals surface area (Å²) in [6, 6.07) is 0. The van der Waals surface area contributed by atoms with Crippen molar-refractivity contribution in [2.75, 3.05) is 7.11 Å². The molecule has 13 heavy (non-hydrogen) atoms. The molecule has 0 bridgehead atoms. The Morgan fingerprint density at radius 2 is 2.23 bits per heavy atom. The number of esters is 1. The molecule has 0 radical (unpaired) electrons. The average Bonchev–Trinajstić information content (AvgIpc) is 2.60. The first-order valence-electron chi connectivity index (χ1n) is 4.48. The van der Waals surface area contributed by atoms with E-state index in [0.29, 0.717) is 6.42 Å². The molecule has 5 atom stereocenters. The fourth-order valence-electron chi connectivity index (χ4n) is 2.80. The molecular formula is C9H13FO3. The van der Waals surface area contributed by atoms with Crippen molar-refractivity contribution in [3.63, 3.8) is 0 Å². The number of methoxy groups -OCH3 is 1. The van der Waals surface area contributed by atoms with Crippen LogP contribution in [-0.2, 0) is 9.53 Å². The van der Waals surface area contributed by atoms with Gasteiger partial charge in [-0.15, -0.1) is 0 Å². The lowest BCUT2D eigenvalue weighted by Gasteiger charge is -2.15. The molecule has 2 fully saturated rings. The van der Waals surface area contributed by atoms with Crippen molar-refractivity contribution in [2.24, 2.45) is 17.8 Å². The molecular weight excluding hydrogens is 175 g/mol. The Bertz CT molecular complexity index is 239. The van der Waals surface area contributed by atoms with Crippen molar-refractivity contribution >= 4 is 5.97 Å². The minimum Gasteiger partial charge on any atom is -0.467 e.